The molecule has 0 atom stereocenters. The zero-order valence-corrected chi connectivity index (χ0v) is 15.6. The number of fused-ring (bicyclic) bond motifs is 1. The summed E-state index contributed by atoms with van der Waals surface area (Å²) in [5, 5.41) is 12.5. The van der Waals surface area contributed by atoms with Gasteiger partial charge in [-0.25, -0.2) is 9.97 Å². The largest absolute Gasteiger partial charge is 0.395 e. The first kappa shape index (κ1) is 17.9. The average molecular weight is 374 g/mol. The van der Waals surface area contributed by atoms with E-state index in [1.54, 1.807) is 11.3 Å². The fourth-order valence-electron chi connectivity index (χ4n) is 2.64. The highest BCUT2D eigenvalue weighted by Crippen LogP contribution is 2.25. The van der Waals surface area contributed by atoms with E-state index in [0.717, 1.165) is 34.4 Å². The van der Waals surface area contributed by atoms with E-state index in [1.165, 1.54) is 0 Å². The topological polar surface area (TPSA) is 49.2 Å². The lowest BCUT2D eigenvalue weighted by molar-refractivity contribution is 0.302. The van der Waals surface area contributed by atoms with Crippen LogP contribution in [0.3, 0.4) is 0 Å². The maximum Gasteiger partial charge on any atom is 0.155 e. The molecular formula is C19H20ClN3OS. The molecule has 0 unspecified atom stereocenters. The molecule has 0 aliphatic heterocycles. The summed E-state index contributed by atoms with van der Waals surface area (Å²) in [6.45, 7) is 3.88. The number of aliphatic hydroxyl groups is 1. The lowest BCUT2D eigenvalue weighted by Crippen LogP contribution is -2.27. The van der Waals surface area contributed by atoms with Crippen molar-refractivity contribution in [3.63, 3.8) is 0 Å². The molecule has 1 aromatic carbocycles. The number of thiophene rings is 1. The van der Waals surface area contributed by atoms with E-state index in [2.05, 4.69) is 46.1 Å². The first-order valence-corrected chi connectivity index (χ1v) is 9.51. The van der Waals surface area contributed by atoms with Crippen LogP contribution < -0.4 is 4.90 Å². The lowest BCUT2D eigenvalue weighted by Gasteiger charge is -2.23. The molecule has 130 valence electrons. The molecule has 4 nitrogen and oxygen atoms in total. The molecule has 0 saturated carbocycles. The summed E-state index contributed by atoms with van der Waals surface area (Å²) in [7, 11) is 0. The maximum absolute atomic E-state index is 9.19. The molecular weight excluding hydrogens is 354 g/mol. The van der Waals surface area contributed by atoms with Crippen molar-refractivity contribution in [3.8, 4) is 0 Å². The molecule has 0 fully saturated rings. The smallest absolute Gasteiger partial charge is 0.155 e. The molecule has 0 saturated heterocycles. The van der Waals surface area contributed by atoms with Crippen LogP contribution in [-0.2, 0) is 0 Å². The van der Waals surface area contributed by atoms with Crippen LogP contribution in [0.4, 0.5) is 5.69 Å². The number of nitrogens with zero attached hydrogens (tertiary/aromatic N) is 3. The Morgan fingerprint density at radius 2 is 1.92 bits per heavy atom. The van der Waals surface area contributed by atoms with Crippen LogP contribution in [0.1, 0.15) is 24.7 Å². The Morgan fingerprint density at radius 1 is 1.12 bits per heavy atom. The standard InChI is InChI=1S/C19H20ClN3OS/c1-2-10-23(11-12-24)15-6-3-14(4-7-15)5-8-17-21-18(20)16-9-13-25-19(16)22-17/h3-9,13,24H,2,10-12H2,1H3/b8-5+. The second kappa shape index (κ2) is 8.43. The highest BCUT2D eigenvalue weighted by atomic mass is 35.5. The van der Waals surface area contributed by atoms with Gasteiger partial charge in [-0.2, -0.15) is 0 Å². The van der Waals surface area contributed by atoms with E-state index in [9.17, 15) is 5.11 Å². The molecule has 0 aliphatic carbocycles. The highest BCUT2D eigenvalue weighted by molar-refractivity contribution is 7.16. The van der Waals surface area contributed by atoms with Crippen LogP contribution in [0.5, 0.6) is 0 Å². The van der Waals surface area contributed by atoms with Crippen LogP contribution >= 0.6 is 22.9 Å². The Hall–Kier alpha value is -1.95. The highest BCUT2D eigenvalue weighted by Gasteiger charge is 2.06. The second-order valence-corrected chi connectivity index (χ2v) is 6.90. The number of benzene rings is 1. The van der Waals surface area contributed by atoms with Crippen molar-refractivity contribution in [2.45, 2.75) is 13.3 Å². The van der Waals surface area contributed by atoms with Gasteiger partial charge in [0.15, 0.2) is 5.82 Å². The molecule has 0 spiro atoms. The SMILES string of the molecule is CCCN(CCO)c1ccc(/C=C/c2nc(Cl)c3ccsc3n2)cc1. The average Bonchev–Trinajstić information content (AvgIpc) is 3.09. The molecule has 3 rings (SSSR count). The molecule has 0 aliphatic rings. The van der Waals surface area contributed by atoms with Crippen LogP contribution in [0, 0.1) is 0 Å². The molecule has 2 heterocycles. The van der Waals surface area contributed by atoms with Crippen molar-refractivity contribution < 1.29 is 5.11 Å². The zero-order chi connectivity index (χ0) is 17.6. The van der Waals surface area contributed by atoms with E-state index < -0.39 is 0 Å². The predicted octanol–water partition coefficient (Wildman–Crippen LogP) is 4.72. The molecule has 25 heavy (non-hydrogen) atoms. The summed E-state index contributed by atoms with van der Waals surface area (Å²) >= 11 is 7.75. The number of hydrogen-bond acceptors (Lipinski definition) is 5. The van der Waals surface area contributed by atoms with Crippen molar-refractivity contribution in [1.82, 2.24) is 9.97 Å². The Kier molecular flexibility index (Phi) is 6.02. The summed E-state index contributed by atoms with van der Waals surface area (Å²) in [6, 6.07) is 10.2. The number of anilines is 1. The van der Waals surface area contributed by atoms with E-state index in [-0.39, 0.29) is 6.61 Å². The van der Waals surface area contributed by atoms with Gasteiger partial charge in [0.05, 0.1) is 6.61 Å². The Labute approximate surface area is 156 Å². The lowest BCUT2D eigenvalue weighted by atomic mass is 10.1. The molecule has 0 radical (unpaired) electrons. The first-order chi connectivity index (χ1) is 12.2. The molecule has 3 aromatic rings. The van der Waals surface area contributed by atoms with Crippen LogP contribution in [0.2, 0.25) is 5.15 Å². The van der Waals surface area contributed by atoms with Gasteiger partial charge in [0.1, 0.15) is 9.98 Å². The van der Waals surface area contributed by atoms with Gasteiger partial charge in [-0.15, -0.1) is 11.3 Å². The van der Waals surface area contributed by atoms with E-state index >= 15 is 0 Å². The monoisotopic (exact) mass is 373 g/mol. The number of halogens is 1. The summed E-state index contributed by atoms with van der Waals surface area (Å²) in [5.74, 6) is 0.608. The van der Waals surface area contributed by atoms with Crippen molar-refractivity contribution in [3.05, 3.63) is 52.3 Å². The van der Waals surface area contributed by atoms with Gasteiger partial charge in [0.2, 0.25) is 0 Å². The Balaban J connectivity index is 1.76. The molecule has 2 aromatic heterocycles. The summed E-state index contributed by atoms with van der Waals surface area (Å²) in [4.78, 5) is 11.9. The molecule has 0 amide bonds. The van der Waals surface area contributed by atoms with Gasteiger partial charge < -0.3 is 10.0 Å². The van der Waals surface area contributed by atoms with Gasteiger partial charge in [-0.3, -0.25) is 0 Å². The minimum atomic E-state index is 0.158. The first-order valence-electron chi connectivity index (χ1n) is 8.26. The van der Waals surface area contributed by atoms with Crippen LogP contribution in [0.25, 0.3) is 22.4 Å². The van der Waals surface area contributed by atoms with Gasteiger partial charge in [-0.05, 0) is 41.6 Å². The number of aliphatic hydroxyl groups excluding tert-OH is 1. The summed E-state index contributed by atoms with van der Waals surface area (Å²) in [5.41, 5.74) is 2.18. The van der Waals surface area contributed by atoms with E-state index in [1.807, 2.05) is 23.6 Å². The van der Waals surface area contributed by atoms with Gasteiger partial charge in [0.25, 0.3) is 0 Å². The van der Waals surface area contributed by atoms with Gasteiger partial charge >= 0.3 is 0 Å². The molecule has 6 heteroatoms. The van der Waals surface area contributed by atoms with Crippen LogP contribution in [-0.4, -0.2) is 34.8 Å². The third-order valence-electron chi connectivity index (χ3n) is 3.84. The normalized spacial score (nSPS) is 11.5. The maximum atomic E-state index is 9.19. The Morgan fingerprint density at radius 3 is 2.64 bits per heavy atom. The quantitative estimate of drug-likeness (QED) is 0.608. The molecule has 1 N–H and O–H groups in total. The van der Waals surface area contributed by atoms with Crippen molar-refractivity contribution in [1.29, 1.82) is 0 Å². The van der Waals surface area contributed by atoms with Gasteiger partial charge in [0, 0.05) is 24.2 Å². The fraction of sp³-hybridized carbons (Fsp3) is 0.263. The van der Waals surface area contributed by atoms with Crippen molar-refractivity contribution in [2.75, 3.05) is 24.6 Å². The minimum Gasteiger partial charge on any atom is -0.395 e. The van der Waals surface area contributed by atoms with Crippen molar-refractivity contribution >= 4 is 51.0 Å². The van der Waals surface area contributed by atoms with Crippen LogP contribution in [0.15, 0.2) is 35.7 Å². The second-order valence-electron chi connectivity index (χ2n) is 5.65. The molecule has 0 bridgehead atoms. The van der Waals surface area contributed by atoms with E-state index in [4.69, 9.17) is 11.6 Å². The number of aromatic nitrogens is 2. The zero-order valence-electron chi connectivity index (χ0n) is 14.0. The third kappa shape index (κ3) is 4.37. The minimum absolute atomic E-state index is 0.158. The third-order valence-corrected chi connectivity index (χ3v) is 4.94. The van der Waals surface area contributed by atoms with Crippen molar-refractivity contribution in [2.24, 2.45) is 0 Å². The summed E-state index contributed by atoms with van der Waals surface area (Å²) in [6.07, 6.45) is 4.90. The van der Waals surface area contributed by atoms with E-state index in [0.29, 0.717) is 17.5 Å². The Bertz CT molecular complexity index is 855. The van der Waals surface area contributed by atoms with Gasteiger partial charge in [-0.1, -0.05) is 36.7 Å². The fourth-order valence-corrected chi connectivity index (χ4v) is 3.70. The summed E-state index contributed by atoms with van der Waals surface area (Å²) < 4.78 is 0. The number of rotatable bonds is 7. The number of hydrogen-bond donors (Lipinski definition) is 1. The predicted molar refractivity (Wildman–Crippen MR) is 107 cm³/mol.